The summed E-state index contributed by atoms with van der Waals surface area (Å²) in [7, 11) is 0. The molecule has 2 saturated carbocycles. The van der Waals surface area contributed by atoms with Crippen molar-refractivity contribution in [3.63, 3.8) is 0 Å². The van der Waals surface area contributed by atoms with Crippen molar-refractivity contribution >= 4 is 28.9 Å². The number of rotatable bonds is 5. The maximum atomic E-state index is 12.6. The minimum Gasteiger partial charge on any atom is -0.444 e. The molecule has 0 radical (unpaired) electrons. The lowest BCUT2D eigenvalue weighted by molar-refractivity contribution is -0.156. The van der Waals surface area contributed by atoms with Gasteiger partial charge in [0.15, 0.2) is 0 Å². The third-order valence-electron chi connectivity index (χ3n) is 6.98. The maximum Gasteiger partial charge on any atom is 0.412 e. The summed E-state index contributed by atoms with van der Waals surface area (Å²) in [6, 6.07) is 14.8. The second-order valence-electron chi connectivity index (χ2n) is 10.7. The van der Waals surface area contributed by atoms with Gasteiger partial charge < -0.3 is 24.4 Å². The molecule has 1 heterocycles. The number of ether oxygens (including phenoxy) is 3. The molecule has 3 fully saturated rings. The lowest BCUT2D eigenvalue weighted by atomic mass is 9.93. The van der Waals surface area contributed by atoms with E-state index in [9.17, 15) is 14.4 Å². The van der Waals surface area contributed by atoms with Crippen molar-refractivity contribution in [1.82, 2.24) is 10.2 Å². The number of piperidine rings is 1. The van der Waals surface area contributed by atoms with E-state index in [0.717, 1.165) is 6.42 Å². The summed E-state index contributed by atoms with van der Waals surface area (Å²) in [5.74, 6) is -0.209. The van der Waals surface area contributed by atoms with Gasteiger partial charge in [-0.3, -0.25) is 0 Å². The van der Waals surface area contributed by atoms with Crippen LogP contribution in [0.1, 0.15) is 45.6 Å². The number of hydrogen-bond donors (Lipinski definition) is 1. The summed E-state index contributed by atoms with van der Waals surface area (Å²) in [4.78, 5) is 38.7. The van der Waals surface area contributed by atoms with E-state index in [2.05, 4.69) is 35.6 Å². The Morgan fingerprint density at radius 3 is 2.50 bits per heavy atom. The zero-order valence-electron chi connectivity index (χ0n) is 19.8. The Hall–Kier alpha value is -3.29. The first kappa shape index (κ1) is 22.5. The molecule has 8 nitrogen and oxygen atoms in total. The summed E-state index contributed by atoms with van der Waals surface area (Å²) < 4.78 is 15.6. The predicted molar refractivity (Wildman–Crippen MR) is 124 cm³/mol. The lowest BCUT2D eigenvalue weighted by Crippen LogP contribution is -2.46. The lowest BCUT2D eigenvalue weighted by Gasteiger charge is -2.23. The van der Waals surface area contributed by atoms with Gasteiger partial charge in [-0.25, -0.2) is 14.4 Å². The molecule has 180 valence electrons. The van der Waals surface area contributed by atoms with Crippen LogP contribution in [0, 0.1) is 5.92 Å². The van der Waals surface area contributed by atoms with Gasteiger partial charge in [0.2, 0.25) is 6.79 Å². The van der Waals surface area contributed by atoms with Crippen molar-refractivity contribution in [2.24, 2.45) is 5.92 Å². The second-order valence-corrected chi connectivity index (χ2v) is 10.7. The van der Waals surface area contributed by atoms with Crippen LogP contribution in [0.2, 0.25) is 0 Å². The number of alkyl carbamates (subject to hydrolysis) is 1. The zero-order chi connectivity index (χ0) is 24.1. The van der Waals surface area contributed by atoms with Crippen LogP contribution in [-0.2, 0) is 24.4 Å². The minimum atomic E-state index is -1.09. The van der Waals surface area contributed by atoms with E-state index >= 15 is 0 Å². The van der Waals surface area contributed by atoms with Crippen molar-refractivity contribution in [2.45, 2.75) is 56.6 Å². The van der Waals surface area contributed by atoms with Crippen LogP contribution in [0.3, 0.4) is 0 Å². The Kier molecular flexibility index (Phi) is 5.22. The fourth-order valence-electron chi connectivity index (χ4n) is 4.93. The second kappa shape index (κ2) is 7.89. The summed E-state index contributed by atoms with van der Waals surface area (Å²) in [6.07, 6.45) is 0.810. The molecule has 2 atom stereocenters. The number of nitrogens with one attached hydrogen (secondary N) is 1. The number of esters is 1. The molecule has 5 rings (SSSR count). The molecule has 0 unspecified atom stereocenters. The Bertz CT molecular complexity index is 1150. The van der Waals surface area contributed by atoms with Crippen LogP contribution < -0.4 is 5.32 Å². The molecule has 0 bridgehead atoms. The standard InChI is InChI=1S/C26H30N2O6/c1-24(2,3)34-22(30)27-26(10-11-26)21(29)32-16-33-23(31)28-14-20-13-25(20,15-28)19-9-8-17-6-4-5-7-18(17)12-19/h4-9,12,20H,10-11,13-16H2,1-3H3,(H,27,30)/t20-,25+/m1/s1. The van der Waals surface area contributed by atoms with E-state index < -0.39 is 36.1 Å². The molecular weight excluding hydrogens is 436 g/mol. The Morgan fingerprint density at radius 1 is 1.06 bits per heavy atom. The molecule has 3 aliphatic rings. The summed E-state index contributed by atoms with van der Waals surface area (Å²) in [5, 5.41) is 4.97. The molecule has 34 heavy (non-hydrogen) atoms. The van der Waals surface area contributed by atoms with Crippen molar-refractivity contribution in [2.75, 3.05) is 19.9 Å². The average molecular weight is 467 g/mol. The average Bonchev–Trinajstić information content (AvgIpc) is 3.68. The molecule has 2 amide bonds. The van der Waals surface area contributed by atoms with Gasteiger partial charge in [-0.15, -0.1) is 0 Å². The van der Waals surface area contributed by atoms with Gasteiger partial charge in [0.25, 0.3) is 0 Å². The summed E-state index contributed by atoms with van der Waals surface area (Å²) in [6.45, 7) is 5.97. The van der Waals surface area contributed by atoms with E-state index in [1.54, 1.807) is 25.7 Å². The van der Waals surface area contributed by atoms with E-state index in [1.807, 2.05) is 12.1 Å². The van der Waals surface area contributed by atoms with E-state index in [4.69, 9.17) is 14.2 Å². The number of likely N-dealkylation sites (tertiary alicyclic amines) is 1. The largest absolute Gasteiger partial charge is 0.444 e. The van der Waals surface area contributed by atoms with Gasteiger partial charge in [-0.05, 0) is 62.3 Å². The molecule has 1 aliphatic heterocycles. The monoisotopic (exact) mass is 466 g/mol. The molecule has 2 aliphatic carbocycles. The van der Waals surface area contributed by atoms with Gasteiger partial charge in [-0.2, -0.15) is 0 Å². The topological polar surface area (TPSA) is 94.2 Å². The number of nitrogens with zero attached hydrogens (tertiary/aromatic N) is 1. The molecule has 0 spiro atoms. The quantitative estimate of drug-likeness (QED) is 0.527. The van der Waals surface area contributed by atoms with Crippen LogP contribution in [-0.4, -0.2) is 54.1 Å². The van der Waals surface area contributed by atoms with E-state index in [-0.39, 0.29) is 5.41 Å². The molecular formula is C26H30N2O6. The fourth-order valence-corrected chi connectivity index (χ4v) is 4.93. The Morgan fingerprint density at radius 2 is 1.79 bits per heavy atom. The minimum absolute atomic E-state index is 0.0187. The molecule has 2 aromatic rings. The van der Waals surface area contributed by atoms with Gasteiger partial charge in [-0.1, -0.05) is 42.5 Å². The number of fused-ring (bicyclic) bond motifs is 2. The van der Waals surface area contributed by atoms with Crippen molar-refractivity contribution in [3.8, 4) is 0 Å². The highest BCUT2D eigenvalue weighted by atomic mass is 16.7. The van der Waals surface area contributed by atoms with E-state index in [0.29, 0.717) is 31.8 Å². The molecule has 0 aromatic heterocycles. The smallest absolute Gasteiger partial charge is 0.412 e. The first-order chi connectivity index (χ1) is 16.1. The molecule has 1 N–H and O–H groups in total. The summed E-state index contributed by atoms with van der Waals surface area (Å²) in [5.41, 5.74) is -0.527. The summed E-state index contributed by atoms with van der Waals surface area (Å²) >= 11 is 0. The van der Waals surface area contributed by atoms with Gasteiger partial charge in [0, 0.05) is 18.5 Å². The number of carbonyl (C=O) groups excluding carboxylic acids is 3. The molecule has 8 heteroatoms. The van der Waals surface area contributed by atoms with Crippen LogP contribution in [0.4, 0.5) is 9.59 Å². The molecule has 1 saturated heterocycles. The van der Waals surface area contributed by atoms with Crippen molar-refractivity contribution in [3.05, 3.63) is 48.0 Å². The Balaban J connectivity index is 1.12. The fraction of sp³-hybridized carbons (Fsp3) is 0.500. The SMILES string of the molecule is CC(C)(C)OC(=O)NC1(C(=O)OCOC(=O)N2C[C@H]3C[C@@]3(c3ccc4ccccc4c3)C2)CC1. The van der Waals surface area contributed by atoms with Gasteiger partial charge in [0.1, 0.15) is 11.1 Å². The maximum absolute atomic E-state index is 12.6. The van der Waals surface area contributed by atoms with Crippen LogP contribution in [0.5, 0.6) is 0 Å². The first-order valence-electron chi connectivity index (χ1n) is 11.7. The third kappa shape index (κ3) is 4.29. The van der Waals surface area contributed by atoms with Crippen molar-refractivity contribution < 1.29 is 28.6 Å². The zero-order valence-corrected chi connectivity index (χ0v) is 19.8. The molecule has 2 aromatic carbocycles. The first-order valence-corrected chi connectivity index (χ1v) is 11.7. The van der Waals surface area contributed by atoms with E-state index in [1.165, 1.54) is 16.3 Å². The highest BCUT2D eigenvalue weighted by molar-refractivity contribution is 5.89. The predicted octanol–water partition coefficient (Wildman–Crippen LogP) is 4.11. The number of hydrogen-bond acceptors (Lipinski definition) is 6. The van der Waals surface area contributed by atoms with Crippen LogP contribution in [0.15, 0.2) is 42.5 Å². The highest BCUT2D eigenvalue weighted by Gasteiger charge is 2.62. The number of benzene rings is 2. The highest BCUT2D eigenvalue weighted by Crippen LogP contribution is 2.59. The van der Waals surface area contributed by atoms with Crippen molar-refractivity contribution in [1.29, 1.82) is 0 Å². The number of carbonyl (C=O) groups is 3. The third-order valence-corrected chi connectivity index (χ3v) is 6.98. The number of amides is 2. The Labute approximate surface area is 198 Å². The van der Waals surface area contributed by atoms with Crippen LogP contribution >= 0.6 is 0 Å². The van der Waals surface area contributed by atoms with Gasteiger partial charge >= 0.3 is 18.2 Å². The van der Waals surface area contributed by atoms with Gasteiger partial charge in [0.05, 0.1) is 0 Å². The van der Waals surface area contributed by atoms with Crippen LogP contribution in [0.25, 0.3) is 10.8 Å². The normalized spacial score (nSPS) is 24.2.